The van der Waals surface area contributed by atoms with Crippen molar-refractivity contribution >= 4 is 43.8 Å². The Morgan fingerprint density at radius 2 is 2.33 bits per heavy atom. The average molecular weight is 331 g/mol. The highest BCUT2D eigenvalue weighted by molar-refractivity contribution is 9.10. The molecule has 18 heavy (non-hydrogen) atoms. The van der Waals surface area contributed by atoms with Crippen LogP contribution >= 0.6 is 15.9 Å². The summed E-state index contributed by atoms with van der Waals surface area (Å²) in [5, 5.41) is 0.136. The van der Waals surface area contributed by atoms with Gasteiger partial charge in [0.15, 0.2) is 5.65 Å². The highest BCUT2D eigenvalue weighted by Gasteiger charge is 2.12. The molecule has 98 valence electrons. The van der Waals surface area contributed by atoms with Gasteiger partial charge in [-0.3, -0.25) is 8.78 Å². The molecule has 2 atom stereocenters. The molecule has 2 rings (SSSR count). The summed E-state index contributed by atoms with van der Waals surface area (Å²) in [7, 11) is -0.818. The van der Waals surface area contributed by atoms with Gasteiger partial charge in [0.25, 0.3) is 0 Å². The second kappa shape index (κ2) is 5.36. The molecule has 0 saturated heterocycles. The Bertz CT molecular complexity index is 598. The maximum Gasteiger partial charge on any atom is 0.202 e. The van der Waals surface area contributed by atoms with Crippen molar-refractivity contribution in [3.63, 3.8) is 0 Å². The number of aromatic nitrogens is 3. The van der Waals surface area contributed by atoms with Gasteiger partial charge >= 0.3 is 0 Å². The summed E-state index contributed by atoms with van der Waals surface area (Å²) < 4.78 is 14.1. The van der Waals surface area contributed by atoms with Crippen LogP contribution < -0.4 is 5.73 Å². The van der Waals surface area contributed by atoms with E-state index in [1.54, 1.807) is 12.5 Å². The fourth-order valence-corrected chi connectivity index (χ4v) is 2.46. The van der Waals surface area contributed by atoms with E-state index >= 15 is 0 Å². The van der Waals surface area contributed by atoms with Gasteiger partial charge in [0.05, 0.1) is 0 Å². The highest BCUT2D eigenvalue weighted by atomic mass is 79.9. The molecule has 2 unspecified atom stereocenters. The number of aryl methyl sites for hydroxylation is 1. The van der Waals surface area contributed by atoms with Gasteiger partial charge in [-0.1, -0.05) is 6.92 Å². The number of halogens is 1. The first-order chi connectivity index (χ1) is 8.49. The summed E-state index contributed by atoms with van der Waals surface area (Å²) in [6.07, 6.45) is 4.23. The van der Waals surface area contributed by atoms with Gasteiger partial charge in [-0.15, -0.1) is 0 Å². The fourth-order valence-electron chi connectivity index (χ4n) is 1.70. The van der Waals surface area contributed by atoms with E-state index in [-0.39, 0.29) is 5.25 Å². The monoisotopic (exact) mass is 330 g/mol. The first-order valence-electron chi connectivity index (χ1n) is 5.58. The van der Waals surface area contributed by atoms with Crippen LogP contribution in [0.4, 0.5) is 5.95 Å². The molecule has 2 aromatic heterocycles. The number of nitrogen functional groups attached to an aromatic ring is 1. The summed E-state index contributed by atoms with van der Waals surface area (Å²) in [5.41, 5.74) is 7.43. The first kappa shape index (κ1) is 13.5. The number of imidazole rings is 1. The third-order valence-corrected chi connectivity index (χ3v) is 4.71. The average Bonchev–Trinajstić information content (AvgIpc) is 2.60. The number of rotatable bonds is 4. The number of hydrogen-bond acceptors (Lipinski definition) is 4. The summed E-state index contributed by atoms with van der Waals surface area (Å²) in [4.78, 5) is 8.59. The van der Waals surface area contributed by atoms with Crippen molar-refractivity contribution in [2.75, 3.05) is 12.0 Å². The van der Waals surface area contributed by atoms with E-state index in [2.05, 4.69) is 25.9 Å². The van der Waals surface area contributed by atoms with Gasteiger partial charge in [-0.05, 0) is 28.4 Å². The van der Waals surface area contributed by atoms with Crippen molar-refractivity contribution in [1.29, 1.82) is 0 Å². The van der Waals surface area contributed by atoms with E-state index in [1.165, 1.54) is 0 Å². The van der Waals surface area contributed by atoms with Gasteiger partial charge < -0.3 is 5.73 Å². The molecule has 0 aliphatic rings. The van der Waals surface area contributed by atoms with Crippen LogP contribution in [0.1, 0.15) is 13.3 Å². The maximum absolute atomic E-state index is 11.3. The van der Waals surface area contributed by atoms with E-state index < -0.39 is 10.8 Å². The van der Waals surface area contributed by atoms with Crippen molar-refractivity contribution in [1.82, 2.24) is 14.5 Å². The molecule has 2 N–H and O–H groups in total. The van der Waals surface area contributed by atoms with E-state index in [0.717, 1.165) is 22.1 Å². The van der Waals surface area contributed by atoms with E-state index in [0.29, 0.717) is 12.5 Å². The lowest BCUT2D eigenvalue weighted by Crippen LogP contribution is -2.14. The van der Waals surface area contributed by atoms with Crippen LogP contribution in [0.5, 0.6) is 0 Å². The first-order valence-corrected chi connectivity index (χ1v) is 8.00. The number of fused-ring (bicyclic) bond motifs is 1. The standard InChI is InChI=1S/C11H15BrN4OS/c1-7(18(2)17)3-4-16-10-9(15-11(16)13)5-8(12)6-14-10/h5-7H,3-4H2,1-2H3,(H2,13,15). The Morgan fingerprint density at radius 1 is 1.61 bits per heavy atom. The molecule has 2 heterocycles. The minimum Gasteiger partial charge on any atom is -0.369 e. The molecule has 0 aromatic carbocycles. The summed E-state index contributed by atoms with van der Waals surface area (Å²) in [6, 6.07) is 1.89. The van der Waals surface area contributed by atoms with Gasteiger partial charge in [0.2, 0.25) is 5.95 Å². The molecule has 2 aromatic rings. The molecule has 0 bridgehead atoms. The normalized spacial score (nSPS) is 14.8. The highest BCUT2D eigenvalue weighted by Crippen LogP contribution is 2.20. The Hall–Kier alpha value is -0.950. The molecule has 7 heteroatoms. The zero-order valence-electron chi connectivity index (χ0n) is 10.3. The van der Waals surface area contributed by atoms with Crippen LogP contribution in [0.15, 0.2) is 16.7 Å². The number of anilines is 1. The maximum atomic E-state index is 11.3. The number of hydrogen-bond donors (Lipinski definition) is 1. The predicted molar refractivity (Wildman–Crippen MR) is 77.8 cm³/mol. The van der Waals surface area contributed by atoms with Crippen molar-refractivity contribution in [3.8, 4) is 0 Å². The number of nitrogens with two attached hydrogens (primary N) is 1. The molecule has 0 aliphatic carbocycles. The molecule has 5 nitrogen and oxygen atoms in total. The van der Waals surface area contributed by atoms with E-state index in [4.69, 9.17) is 5.73 Å². The van der Waals surface area contributed by atoms with Crippen LogP contribution in [0, 0.1) is 0 Å². The lowest BCUT2D eigenvalue weighted by atomic mass is 10.3. The van der Waals surface area contributed by atoms with E-state index in [1.807, 2.05) is 17.6 Å². The van der Waals surface area contributed by atoms with Crippen LogP contribution in [-0.2, 0) is 17.3 Å². The summed E-state index contributed by atoms with van der Waals surface area (Å²) in [5.74, 6) is 0.449. The van der Waals surface area contributed by atoms with E-state index in [9.17, 15) is 4.21 Å². The minimum atomic E-state index is -0.818. The molecule has 0 saturated carbocycles. The molecule has 0 amide bonds. The zero-order chi connectivity index (χ0) is 13.3. The summed E-state index contributed by atoms with van der Waals surface area (Å²) >= 11 is 3.35. The van der Waals surface area contributed by atoms with Crippen molar-refractivity contribution in [3.05, 3.63) is 16.7 Å². The molecule has 0 aliphatic heterocycles. The van der Waals surface area contributed by atoms with Crippen molar-refractivity contribution in [2.24, 2.45) is 0 Å². The van der Waals surface area contributed by atoms with Gasteiger partial charge in [-0.2, -0.15) is 0 Å². The topological polar surface area (TPSA) is 73.8 Å². The van der Waals surface area contributed by atoms with Crippen molar-refractivity contribution < 1.29 is 4.21 Å². The Balaban J connectivity index is 2.27. The predicted octanol–water partition coefficient (Wildman–Crippen LogP) is 1.93. The molecular weight excluding hydrogens is 316 g/mol. The quantitative estimate of drug-likeness (QED) is 0.929. The van der Waals surface area contributed by atoms with Crippen LogP contribution in [0.2, 0.25) is 0 Å². The largest absolute Gasteiger partial charge is 0.369 e. The second-order valence-electron chi connectivity index (χ2n) is 4.22. The molecule has 0 fully saturated rings. The van der Waals surface area contributed by atoms with Crippen LogP contribution in [0.25, 0.3) is 11.2 Å². The smallest absolute Gasteiger partial charge is 0.202 e. The molecular formula is C11H15BrN4OS. The fraction of sp³-hybridized carbons (Fsp3) is 0.455. The van der Waals surface area contributed by atoms with Gasteiger partial charge in [0.1, 0.15) is 5.52 Å². The lowest BCUT2D eigenvalue weighted by Gasteiger charge is -2.10. The SMILES string of the molecule is CC(CCn1c(N)nc2cc(Br)cnc21)S(C)=O. The Morgan fingerprint density at radius 3 is 3.00 bits per heavy atom. The second-order valence-corrected chi connectivity index (χ2v) is 6.93. The van der Waals surface area contributed by atoms with Crippen LogP contribution in [0.3, 0.4) is 0 Å². The van der Waals surface area contributed by atoms with Gasteiger partial charge in [0, 0.05) is 39.5 Å². The number of pyridine rings is 1. The zero-order valence-corrected chi connectivity index (χ0v) is 12.7. The third kappa shape index (κ3) is 2.72. The Kier molecular flexibility index (Phi) is 4.01. The molecule has 0 radical (unpaired) electrons. The number of nitrogens with zero attached hydrogens (tertiary/aromatic N) is 3. The lowest BCUT2D eigenvalue weighted by molar-refractivity contribution is 0.631. The van der Waals surface area contributed by atoms with Crippen LogP contribution in [-0.4, -0.2) is 30.2 Å². The Labute approximate surface area is 116 Å². The van der Waals surface area contributed by atoms with Gasteiger partial charge in [-0.25, -0.2) is 9.97 Å². The molecule has 0 spiro atoms. The van der Waals surface area contributed by atoms with Crippen molar-refractivity contribution in [2.45, 2.75) is 25.1 Å². The summed E-state index contributed by atoms with van der Waals surface area (Å²) in [6.45, 7) is 2.65. The minimum absolute atomic E-state index is 0.136. The third-order valence-electron chi connectivity index (χ3n) is 2.91.